The molecule has 0 atom stereocenters. The van der Waals surface area contributed by atoms with Gasteiger partial charge in [0.05, 0.1) is 5.52 Å². The molecule has 4 heteroatoms. The van der Waals surface area contributed by atoms with Crippen LogP contribution in [0.15, 0.2) is 54.9 Å². The predicted molar refractivity (Wildman–Crippen MR) is 83.1 cm³/mol. The number of benzene rings is 2. The first-order valence-electron chi connectivity index (χ1n) is 6.39. The molecule has 0 unspecified atom stereocenters. The maximum atomic E-state index is 6.03. The number of hydrogen-bond acceptors (Lipinski definition) is 3. The van der Waals surface area contributed by atoms with E-state index in [9.17, 15) is 0 Å². The molecule has 1 heterocycles. The van der Waals surface area contributed by atoms with Crippen LogP contribution >= 0.6 is 11.6 Å². The van der Waals surface area contributed by atoms with Gasteiger partial charge in [0.1, 0.15) is 12.1 Å². The van der Waals surface area contributed by atoms with Crippen molar-refractivity contribution in [1.82, 2.24) is 9.97 Å². The van der Waals surface area contributed by atoms with Crippen LogP contribution in [-0.4, -0.2) is 17.0 Å². The molecule has 0 aliphatic heterocycles. The van der Waals surface area contributed by atoms with E-state index in [0.29, 0.717) is 0 Å². The molecule has 3 aromatic rings. The third-order valence-electron chi connectivity index (χ3n) is 3.19. The summed E-state index contributed by atoms with van der Waals surface area (Å²) in [5.74, 6) is 0.926. The van der Waals surface area contributed by atoms with Crippen molar-refractivity contribution in [3.63, 3.8) is 0 Å². The van der Waals surface area contributed by atoms with Gasteiger partial charge in [-0.25, -0.2) is 9.97 Å². The molecule has 0 spiro atoms. The normalized spacial score (nSPS) is 10.7. The summed E-state index contributed by atoms with van der Waals surface area (Å²) < 4.78 is 0. The van der Waals surface area contributed by atoms with Gasteiger partial charge >= 0.3 is 0 Å². The Labute approximate surface area is 122 Å². The number of halogens is 1. The summed E-state index contributed by atoms with van der Waals surface area (Å²) in [4.78, 5) is 10.8. The van der Waals surface area contributed by atoms with Gasteiger partial charge in [0.2, 0.25) is 0 Å². The molecule has 2 aromatic carbocycles. The molecule has 20 heavy (non-hydrogen) atoms. The Kier molecular flexibility index (Phi) is 3.52. The van der Waals surface area contributed by atoms with Gasteiger partial charge in [0.25, 0.3) is 0 Å². The van der Waals surface area contributed by atoms with E-state index in [1.807, 2.05) is 49.5 Å². The Bertz CT molecular complexity index is 737. The highest BCUT2D eigenvalue weighted by molar-refractivity contribution is 6.30. The van der Waals surface area contributed by atoms with E-state index in [2.05, 4.69) is 20.9 Å². The Morgan fingerprint density at radius 1 is 1.05 bits per heavy atom. The molecule has 0 aliphatic carbocycles. The average Bonchev–Trinajstić information content (AvgIpc) is 2.46. The Morgan fingerprint density at radius 2 is 1.90 bits per heavy atom. The highest BCUT2D eigenvalue weighted by Crippen LogP contribution is 2.23. The molecule has 0 saturated carbocycles. The molecule has 100 valence electrons. The second-order valence-corrected chi connectivity index (χ2v) is 5.14. The number of para-hydroxylation sites is 1. The highest BCUT2D eigenvalue weighted by Gasteiger charge is 2.08. The predicted octanol–water partition coefficient (Wildman–Crippen LogP) is 3.92. The second-order valence-electron chi connectivity index (χ2n) is 4.70. The molecule has 3 rings (SSSR count). The zero-order chi connectivity index (χ0) is 13.9. The van der Waals surface area contributed by atoms with Gasteiger partial charge in [-0.2, -0.15) is 0 Å². The summed E-state index contributed by atoms with van der Waals surface area (Å²) in [5.41, 5.74) is 2.11. The van der Waals surface area contributed by atoms with E-state index in [-0.39, 0.29) is 0 Å². The van der Waals surface area contributed by atoms with Crippen molar-refractivity contribution in [2.45, 2.75) is 6.54 Å². The zero-order valence-corrected chi connectivity index (χ0v) is 11.9. The standard InChI is InChI=1S/C16H14ClN3/c1-20(10-12-5-4-6-13(17)9-12)16-14-7-2-3-8-15(14)18-11-19-16/h2-9,11H,10H2,1H3. The smallest absolute Gasteiger partial charge is 0.139 e. The monoisotopic (exact) mass is 283 g/mol. The molecule has 3 nitrogen and oxygen atoms in total. The third kappa shape index (κ3) is 2.58. The lowest BCUT2D eigenvalue weighted by molar-refractivity contribution is 0.900. The van der Waals surface area contributed by atoms with Crippen LogP contribution < -0.4 is 4.90 Å². The van der Waals surface area contributed by atoms with E-state index < -0.39 is 0 Å². The van der Waals surface area contributed by atoms with Gasteiger partial charge < -0.3 is 4.90 Å². The minimum Gasteiger partial charge on any atom is -0.355 e. The fourth-order valence-corrected chi connectivity index (χ4v) is 2.49. The first kappa shape index (κ1) is 12.9. The number of fused-ring (bicyclic) bond motifs is 1. The van der Waals surface area contributed by atoms with Crippen molar-refractivity contribution in [2.75, 3.05) is 11.9 Å². The number of aromatic nitrogens is 2. The van der Waals surface area contributed by atoms with Crippen LogP contribution in [0.1, 0.15) is 5.56 Å². The minimum absolute atomic E-state index is 0.752. The molecule has 0 fully saturated rings. The maximum absolute atomic E-state index is 6.03. The van der Waals surface area contributed by atoms with Gasteiger partial charge in [-0.05, 0) is 29.8 Å². The van der Waals surface area contributed by atoms with Gasteiger partial charge in [-0.1, -0.05) is 35.9 Å². The van der Waals surface area contributed by atoms with Crippen LogP contribution in [-0.2, 0) is 6.54 Å². The van der Waals surface area contributed by atoms with Crippen LogP contribution in [0, 0.1) is 0 Å². The van der Waals surface area contributed by atoms with E-state index >= 15 is 0 Å². The maximum Gasteiger partial charge on any atom is 0.139 e. The van der Waals surface area contributed by atoms with Crippen molar-refractivity contribution in [3.05, 3.63) is 65.4 Å². The van der Waals surface area contributed by atoms with Gasteiger partial charge in [0, 0.05) is 24.0 Å². The largest absolute Gasteiger partial charge is 0.355 e. The molecular weight excluding hydrogens is 270 g/mol. The molecule has 0 aliphatic rings. The van der Waals surface area contributed by atoms with Crippen LogP contribution in [0.4, 0.5) is 5.82 Å². The third-order valence-corrected chi connectivity index (χ3v) is 3.43. The van der Waals surface area contributed by atoms with Crippen LogP contribution in [0.3, 0.4) is 0 Å². The number of nitrogens with zero attached hydrogens (tertiary/aromatic N) is 3. The van der Waals surface area contributed by atoms with E-state index in [4.69, 9.17) is 11.6 Å². The van der Waals surface area contributed by atoms with Gasteiger partial charge in [-0.15, -0.1) is 0 Å². The van der Waals surface area contributed by atoms with Crippen LogP contribution in [0.2, 0.25) is 5.02 Å². The second kappa shape index (κ2) is 5.47. The van der Waals surface area contributed by atoms with E-state index in [1.54, 1.807) is 6.33 Å². The fraction of sp³-hybridized carbons (Fsp3) is 0.125. The molecule has 0 bridgehead atoms. The van der Waals surface area contributed by atoms with E-state index in [0.717, 1.165) is 33.9 Å². The summed E-state index contributed by atoms with van der Waals surface area (Å²) in [7, 11) is 2.02. The molecule has 0 N–H and O–H groups in total. The van der Waals surface area contributed by atoms with Crippen molar-refractivity contribution in [2.24, 2.45) is 0 Å². The van der Waals surface area contributed by atoms with Crippen LogP contribution in [0.5, 0.6) is 0 Å². The molecule has 0 amide bonds. The summed E-state index contributed by atoms with van der Waals surface area (Å²) >= 11 is 6.03. The van der Waals surface area contributed by atoms with Crippen LogP contribution in [0.25, 0.3) is 10.9 Å². The Hall–Kier alpha value is -2.13. The Morgan fingerprint density at radius 3 is 2.75 bits per heavy atom. The molecular formula is C16H14ClN3. The molecule has 1 aromatic heterocycles. The van der Waals surface area contributed by atoms with Gasteiger partial charge in [-0.3, -0.25) is 0 Å². The van der Waals surface area contributed by atoms with Crippen molar-refractivity contribution in [3.8, 4) is 0 Å². The SMILES string of the molecule is CN(Cc1cccc(Cl)c1)c1ncnc2ccccc12. The highest BCUT2D eigenvalue weighted by atomic mass is 35.5. The minimum atomic E-state index is 0.752. The summed E-state index contributed by atoms with van der Waals surface area (Å²) in [6.07, 6.45) is 1.60. The lowest BCUT2D eigenvalue weighted by Crippen LogP contribution is -2.18. The topological polar surface area (TPSA) is 29.0 Å². The Balaban J connectivity index is 1.94. The number of hydrogen-bond donors (Lipinski definition) is 0. The molecule has 0 radical (unpaired) electrons. The average molecular weight is 284 g/mol. The van der Waals surface area contributed by atoms with Crippen molar-refractivity contribution < 1.29 is 0 Å². The fourth-order valence-electron chi connectivity index (χ4n) is 2.28. The van der Waals surface area contributed by atoms with Gasteiger partial charge in [0.15, 0.2) is 0 Å². The van der Waals surface area contributed by atoms with E-state index in [1.165, 1.54) is 0 Å². The first-order chi connectivity index (χ1) is 9.74. The number of anilines is 1. The van der Waals surface area contributed by atoms with Crippen molar-refractivity contribution >= 4 is 28.3 Å². The number of rotatable bonds is 3. The lowest BCUT2D eigenvalue weighted by atomic mass is 10.2. The van der Waals surface area contributed by atoms with Crippen molar-refractivity contribution in [1.29, 1.82) is 0 Å². The quantitative estimate of drug-likeness (QED) is 0.729. The summed E-state index contributed by atoms with van der Waals surface area (Å²) in [6, 6.07) is 15.9. The zero-order valence-electron chi connectivity index (χ0n) is 11.1. The first-order valence-corrected chi connectivity index (χ1v) is 6.77. The molecule has 0 saturated heterocycles. The summed E-state index contributed by atoms with van der Waals surface area (Å²) in [5, 5.41) is 1.81. The summed E-state index contributed by atoms with van der Waals surface area (Å²) in [6.45, 7) is 0.752. The lowest BCUT2D eigenvalue weighted by Gasteiger charge is -2.19.